The Bertz CT molecular complexity index is 560. The van der Waals surface area contributed by atoms with Crippen LogP contribution in [0.15, 0.2) is 18.7 Å². The van der Waals surface area contributed by atoms with Crippen LogP contribution in [0.5, 0.6) is 5.75 Å². The quantitative estimate of drug-likeness (QED) is 0.596. The number of hydrogen-bond donors (Lipinski definition) is 0. The Morgan fingerprint density at radius 3 is 2.24 bits per heavy atom. The Morgan fingerprint density at radius 1 is 1.19 bits per heavy atom. The summed E-state index contributed by atoms with van der Waals surface area (Å²) in [6, 6.07) is 1.75. The first-order valence-electron chi connectivity index (χ1n) is 6.58. The third kappa shape index (κ3) is 3.42. The van der Waals surface area contributed by atoms with Gasteiger partial charge in [0.1, 0.15) is 17.9 Å². The molecular formula is C16H20O5. The molecule has 0 radical (unpaired) electrons. The fourth-order valence-corrected chi connectivity index (χ4v) is 2.10. The second-order valence-corrected chi connectivity index (χ2v) is 4.35. The van der Waals surface area contributed by atoms with Crippen molar-refractivity contribution in [1.82, 2.24) is 0 Å². The highest BCUT2D eigenvalue weighted by Gasteiger charge is 2.27. The molecule has 1 aromatic carbocycles. The Hall–Kier alpha value is -2.30. The third-order valence-electron chi connectivity index (χ3n) is 3.18. The van der Waals surface area contributed by atoms with Crippen molar-refractivity contribution >= 4 is 11.9 Å². The van der Waals surface area contributed by atoms with Gasteiger partial charge in [-0.1, -0.05) is 19.6 Å². The van der Waals surface area contributed by atoms with Crippen LogP contribution < -0.4 is 4.74 Å². The summed E-state index contributed by atoms with van der Waals surface area (Å²) in [6.45, 7) is 7.52. The molecule has 5 heteroatoms. The van der Waals surface area contributed by atoms with Gasteiger partial charge < -0.3 is 14.2 Å². The number of benzene rings is 1. The molecule has 0 saturated carbocycles. The first-order chi connectivity index (χ1) is 10.0. The molecule has 21 heavy (non-hydrogen) atoms. The van der Waals surface area contributed by atoms with Gasteiger partial charge in [0.25, 0.3) is 0 Å². The molecule has 114 valence electrons. The van der Waals surface area contributed by atoms with Gasteiger partial charge in [0.15, 0.2) is 0 Å². The van der Waals surface area contributed by atoms with E-state index in [9.17, 15) is 9.59 Å². The zero-order valence-electron chi connectivity index (χ0n) is 12.8. The number of carbonyl (C=O) groups is 2. The number of methoxy groups -OCH3 is 2. The van der Waals surface area contributed by atoms with Gasteiger partial charge in [-0.05, 0) is 30.5 Å². The Labute approximate surface area is 124 Å². The largest absolute Gasteiger partial charge is 0.489 e. The van der Waals surface area contributed by atoms with E-state index in [1.807, 2.05) is 6.92 Å². The van der Waals surface area contributed by atoms with E-state index in [0.717, 1.165) is 5.56 Å². The summed E-state index contributed by atoms with van der Waals surface area (Å²) in [7, 11) is 2.52. The lowest BCUT2D eigenvalue weighted by Crippen LogP contribution is -2.17. The predicted molar refractivity (Wildman–Crippen MR) is 78.9 cm³/mol. The lowest BCUT2D eigenvalue weighted by molar-refractivity contribution is 0.0550. The monoisotopic (exact) mass is 292 g/mol. The summed E-state index contributed by atoms with van der Waals surface area (Å²) in [4.78, 5) is 24.1. The minimum absolute atomic E-state index is 0.0842. The molecule has 0 aliphatic carbocycles. The van der Waals surface area contributed by atoms with E-state index in [0.29, 0.717) is 17.7 Å². The van der Waals surface area contributed by atoms with Crippen molar-refractivity contribution in [1.29, 1.82) is 0 Å². The molecule has 0 unspecified atom stereocenters. The van der Waals surface area contributed by atoms with E-state index in [4.69, 9.17) is 14.2 Å². The number of hydrogen-bond acceptors (Lipinski definition) is 5. The van der Waals surface area contributed by atoms with Crippen molar-refractivity contribution in [2.45, 2.75) is 20.3 Å². The SMILES string of the molecule is C=CCOc1cc(CC)c(C)c(C(=O)OC)c1C(=O)OC. The first kappa shape index (κ1) is 16.8. The standard InChI is InChI=1S/C16H20O5/c1-6-8-21-12-9-11(7-2)10(3)13(15(17)19-4)14(12)16(18)20-5/h6,9H,1,7-8H2,2-5H3. The van der Waals surface area contributed by atoms with Gasteiger partial charge in [-0.25, -0.2) is 9.59 Å². The molecule has 1 aromatic rings. The lowest BCUT2D eigenvalue weighted by Gasteiger charge is -2.17. The van der Waals surface area contributed by atoms with Crippen molar-refractivity contribution in [2.24, 2.45) is 0 Å². The average Bonchev–Trinajstić information content (AvgIpc) is 2.51. The normalized spacial score (nSPS) is 9.90. The van der Waals surface area contributed by atoms with E-state index in [2.05, 4.69) is 6.58 Å². The summed E-state index contributed by atoms with van der Waals surface area (Å²) >= 11 is 0. The molecular weight excluding hydrogens is 272 g/mol. The Balaban J connectivity index is 3.65. The maximum atomic E-state index is 12.1. The highest BCUT2D eigenvalue weighted by atomic mass is 16.5. The minimum Gasteiger partial charge on any atom is -0.489 e. The Kier molecular flexibility index (Phi) is 5.96. The third-order valence-corrected chi connectivity index (χ3v) is 3.18. The van der Waals surface area contributed by atoms with Gasteiger partial charge in [-0.2, -0.15) is 0 Å². The lowest BCUT2D eigenvalue weighted by atomic mass is 9.94. The number of esters is 2. The van der Waals surface area contributed by atoms with Crippen LogP contribution in [0.25, 0.3) is 0 Å². The molecule has 0 fully saturated rings. The molecule has 0 bridgehead atoms. The summed E-state index contributed by atoms with van der Waals surface area (Å²) in [5.74, 6) is -0.934. The van der Waals surface area contributed by atoms with Gasteiger partial charge in [-0.15, -0.1) is 0 Å². The molecule has 0 aliphatic heterocycles. The van der Waals surface area contributed by atoms with E-state index >= 15 is 0 Å². The van der Waals surface area contributed by atoms with Gasteiger partial charge >= 0.3 is 11.9 Å². The summed E-state index contributed by atoms with van der Waals surface area (Å²) < 4.78 is 15.1. The van der Waals surface area contributed by atoms with Gasteiger partial charge in [0.2, 0.25) is 0 Å². The topological polar surface area (TPSA) is 61.8 Å². The van der Waals surface area contributed by atoms with Crippen LogP contribution in [0.4, 0.5) is 0 Å². The predicted octanol–water partition coefficient (Wildman–Crippen LogP) is 2.70. The molecule has 0 heterocycles. The van der Waals surface area contributed by atoms with E-state index in [1.54, 1.807) is 19.1 Å². The van der Waals surface area contributed by atoms with Gasteiger partial charge in [-0.3, -0.25) is 0 Å². The molecule has 0 N–H and O–H groups in total. The van der Waals surface area contributed by atoms with Crippen LogP contribution >= 0.6 is 0 Å². The van der Waals surface area contributed by atoms with E-state index < -0.39 is 11.9 Å². The maximum absolute atomic E-state index is 12.1. The first-order valence-corrected chi connectivity index (χ1v) is 6.58. The number of carbonyl (C=O) groups excluding carboxylic acids is 2. The van der Waals surface area contributed by atoms with Crippen molar-refractivity contribution < 1.29 is 23.8 Å². The molecule has 1 rings (SSSR count). The Morgan fingerprint density at radius 2 is 1.76 bits per heavy atom. The van der Waals surface area contributed by atoms with Crippen LogP contribution in [0, 0.1) is 6.92 Å². The second kappa shape index (κ2) is 7.47. The van der Waals surface area contributed by atoms with Crippen molar-refractivity contribution in [3.63, 3.8) is 0 Å². The van der Waals surface area contributed by atoms with Crippen molar-refractivity contribution in [2.75, 3.05) is 20.8 Å². The molecule has 0 amide bonds. The highest BCUT2D eigenvalue weighted by Crippen LogP contribution is 2.30. The summed E-state index contributed by atoms with van der Waals surface area (Å²) in [6.07, 6.45) is 2.26. The molecule has 0 atom stereocenters. The van der Waals surface area contributed by atoms with Crippen molar-refractivity contribution in [3.05, 3.63) is 41.0 Å². The second-order valence-electron chi connectivity index (χ2n) is 4.35. The average molecular weight is 292 g/mol. The van der Waals surface area contributed by atoms with Gasteiger partial charge in [0.05, 0.1) is 19.8 Å². The fourth-order valence-electron chi connectivity index (χ4n) is 2.10. The zero-order chi connectivity index (χ0) is 16.0. The zero-order valence-corrected chi connectivity index (χ0v) is 12.8. The van der Waals surface area contributed by atoms with Crippen LogP contribution in [0.1, 0.15) is 38.8 Å². The molecule has 0 spiro atoms. The molecule has 0 saturated heterocycles. The maximum Gasteiger partial charge on any atom is 0.342 e. The molecule has 5 nitrogen and oxygen atoms in total. The summed E-state index contributed by atoms with van der Waals surface area (Å²) in [5.41, 5.74) is 1.86. The van der Waals surface area contributed by atoms with E-state index in [1.165, 1.54) is 14.2 Å². The highest BCUT2D eigenvalue weighted by molar-refractivity contribution is 6.06. The minimum atomic E-state index is -0.639. The number of rotatable bonds is 6. The van der Waals surface area contributed by atoms with Crippen LogP contribution in [-0.4, -0.2) is 32.8 Å². The smallest absolute Gasteiger partial charge is 0.342 e. The fraction of sp³-hybridized carbons (Fsp3) is 0.375. The number of aryl methyl sites for hydroxylation is 1. The van der Waals surface area contributed by atoms with Crippen molar-refractivity contribution in [3.8, 4) is 5.75 Å². The summed E-state index contributed by atoms with van der Waals surface area (Å²) in [5, 5.41) is 0. The van der Waals surface area contributed by atoms with Gasteiger partial charge in [0, 0.05) is 0 Å². The van der Waals surface area contributed by atoms with Crippen LogP contribution in [0.3, 0.4) is 0 Å². The molecule has 0 aromatic heterocycles. The van der Waals surface area contributed by atoms with E-state index in [-0.39, 0.29) is 17.7 Å². The van der Waals surface area contributed by atoms with Crippen LogP contribution in [0.2, 0.25) is 0 Å². The molecule has 0 aliphatic rings. The number of ether oxygens (including phenoxy) is 3. The van der Waals surface area contributed by atoms with Crippen LogP contribution in [-0.2, 0) is 15.9 Å².